The van der Waals surface area contributed by atoms with Crippen molar-refractivity contribution >= 4 is 39.1 Å². The maximum atomic E-state index is 13.0. The Kier molecular flexibility index (Phi) is 3.72. The van der Waals surface area contributed by atoms with Crippen LogP contribution in [0.2, 0.25) is 0 Å². The SMILES string of the molecule is O=C1N=C(c2ccccc2)CC(c2ccccc2)=C1c1nn2cnnc2s1. The van der Waals surface area contributed by atoms with Crippen LogP contribution >= 0.6 is 11.3 Å². The van der Waals surface area contributed by atoms with Crippen molar-refractivity contribution in [3.05, 3.63) is 83.1 Å². The Morgan fingerprint density at radius 1 is 0.926 bits per heavy atom. The number of fused-ring (bicyclic) bond motifs is 1. The average Bonchev–Trinajstić information content (AvgIpc) is 3.31. The molecule has 130 valence electrons. The van der Waals surface area contributed by atoms with Crippen molar-refractivity contribution in [1.82, 2.24) is 19.8 Å². The third kappa shape index (κ3) is 2.78. The second-order valence-corrected chi connectivity index (χ2v) is 7.05. The molecule has 2 aromatic carbocycles. The number of hydrogen-bond donors (Lipinski definition) is 0. The van der Waals surface area contributed by atoms with Crippen LogP contribution in [-0.2, 0) is 4.79 Å². The molecule has 5 rings (SSSR count). The van der Waals surface area contributed by atoms with Crippen LogP contribution in [0.1, 0.15) is 22.6 Å². The van der Waals surface area contributed by atoms with Gasteiger partial charge in [-0.15, -0.1) is 10.2 Å². The fourth-order valence-corrected chi connectivity index (χ4v) is 4.05. The second kappa shape index (κ2) is 6.37. The summed E-state index contributed by atoms with van der Waals surface area (Å²) >= 11 is 1.34. The van der Waals surface area contributed by atoms with Gasteiger partial charge in [0.05, 0.1) is 11.3 Å². The zero-order valence-corrected chi connectivity index (χ0v) is 14.9. The van der Waals surface area contributed by atoms with E-state index in [1.54, 1.807) is 4.52 Å². The number of nitrogens with zero attached hydrogens (tertiary/aromatic N) is 5. The highest BCUT2D eigenvalue weighted by molar-refractivity contribution is 7.18. The Labute approximate surface area is 158 Å². The molecule has 6 nitrogen and oxygen atoms in total. The van der Waals surface area contributed by atoms with Crippen LogP contribution in [0.3, 0.4) is 0 Å². The van der Waals surface area contributed by atoms with Crippen molar-refractivity contribution in [2.45, 2.75) is 6.42 Å². The summed E-state index contributed by atoms with van der Waals surface area (Å²) in [6.07, 6.45) is 2.10. The molecule has 1 aliphatic rings. The minimum absolute atomic E-state index is 0.274. The standard InChI is InChI=1S/C20H13N5OS/c26-18-17(19-24-25-12-21-23-20(25)27-19)15(13-7-3-1-4-8-13)11-16(22-18)14-9-5-2-6-10-14/h1-10,12H,11H2. The van der Waals surface area contributed by atoms with Gasteiger partial charge in [-0.1, -0.05) is 72.0 Å². The number of carbonyl (C=O) groups excluding carboxylic acids is 1. The predicted molar refractivity (Wildman–Crippen MR) is 105 cm³/mol. The zero-order chi connectivity index (χ0) is 18.2. The van der Waals surface area contributed by atoms with Crippen LogP contribution in [-0.4, -0.2) is 31.4 Å². The van der Waals surface area contributed by atoms with Crippen LogP contribution < -0.4 is 0 Å². The summed E-state index contributed by atoms with van der Waals surface area (Å²) in [7, 11) is 0. The lowest BCUT2D eigenvalue weighted by atomic mass is 9.90. The van der Waals surface area contributed by atoms with Crippen molar-refractivity contribution in [3.8, 4) is 0 Å². The highest BCUT2D eigenvalue weighted by Crippen LogP contribution is 2.36. The first-order chi connectivity index (χ1) is 13.3. The molecule has 0 bridgehead atoms. The zero-order valence-electron chi connectivity index (χ0n) is 14.1. The Balaban J connectivity index is 1.68. The normalized spacial score (nSPS) is 14.7. The highest BCUT2D eigenvalue weighted by atomic mass is 32.1. The number of hydrogen-bond acceptors (Lipinski definition) is 5. The molecule has 1 amide bonds. The van der Waals surface area contributed by atoms with E-state index in [2.05, 4.69) is 20.3 Å². The minimum Gasteiger partial charge on any atom is -0.267 e. The molecule has 27 heavy (non-hydrogen) atoms. The van der Waals surface area contributed by atoms with Gasteiger partial charge in [0.25, 0.3) is 5.91 Å². The molecule has 0 N–H and O–H groups in total. The summed E-state index contributed by atoms with van der Waals surface area (Å²) in [5.41, 5.74) is 4.19. The van der Waals surface area contributed by atoms with E-state index in [1.165, 1.54) is 17.7 Å². The topological polar surface area (TPSA) is 72.5 Å². The van der Waals surface area contributed by atoms with E-state index >= 15 is 0 Å². The van der Waals surface area contributed by atoms with Gasteiger partial charge < -0.3 is 0 Å². The number of amides is 1. The van der Waals surface area contributed by atoms with Gasteiger partial charge in [0.2, 0.25) is 4.96 Å². The fraction of sp³-hybridized carbons (Fsp3) is 0.0500. The van der Waals surface area contributed by atoms with Gasteiger partial charge in [0, 0.05) is 6.42 Å². The largest absolute Gasteiger partial charge is 0.280 e. The number of benzene rings is 2. The van der Waals surface area contributed by atoms with Crippen molar-refractivity contribution in [1.29, 1.82) is 0 Å². The van der Waals surface area contributed by atoms with Crippen LogP contribution in [0.25, 0.3) is 16.1 Å². The van der Waals surface area contributed by atoms with Gasteiger partial charge in [-0.3, -0.25) is 4.79 Å². The molecule has 0 spiro atoms. The lowest BCUT2D eigenvalue weighted by molar-refractivity contribution is -0.112. The van der Waals surface area contributed by atoms with Crippen molar-refractivity contribution in [2.24, 2.45) is 4.99 Å². The highest BCUT2D eigenvalue weighted by Gasteiger charge is 2.28. The van der Waals surface area contributed by atoms with E-state index in [4.69, 9.17) is 0 Å². The summed E-state index contributed by atoms with van der Waals surface area (Å²) < 4.78 is 1.58. The molecular formula is C20H13N5OS. The molecule has 0 saturated heterocycles. The second-order valence-electron chi connectivity index (χ2n) is 6.09. The number of aliphatic imine (C=N–C) groups is 1. The monoisotopic (exact) mass is 371 g/mol. The van der Waals surface area contributed by atoms with E-state index in [0.717, 1.165) is 22.4 Å². The molecule has 0 fully saturated rings. The predicted octanol–water partition coefficient (Wildman–Crippen LogP) is 3.52. The molecule has 0 radical (unpaired) electrons. The molecule has 2 aromatic heterocycles. The molecule has 1 aliphatic heterocycles. The summed E-state index contributed by atoms with van der Waals surface area (Å²) in [4.78, 5) is 18.1. The van der Waals surface area contributed by atoms with E-state index in [1.807, 2.05) is 60.7 Å². The smallest absolute Gasteiger partial charge is 0.267 e. The van der Waals surface area contributed by atoms with Crippen LogP contribution in [0.15, 0.2) is 72.0 Å². The van der Waals surface area contributed by atoms with E-state index in [-0.39, 0.29) is 5.91 Å². The van der Waals surface area contributed by atoms with Crippen molar-refractivity contribution in [2.75, 3.05) is 0 Å². The van der Waals surface area contributed by atoms with Gasteiger partial charge in [0.15, 0.2) is 5.01 Å². The van der Waals surface area contributed by atoms with Gasteiger partial charge in [-0.25, -0.2) is 4.99 Å². The maximum Gasteiger partial charge on any atom is 0.280 e. The van der Waals surface area contributed by atoms with Gasteiger partial charge >= 0.3 is 0 Å². The molecule has 0 atom stereocenters. The first kappa shape index (κ1) is 15.8. The number of dihydropyridines is 1. The van der Waals surface area contributed by atoms with Crippen LogP contribution in [0.4, 0.5) is 0 Å². The Hall–Kier alpha value is -3.45. The molecular weight excluding hydrogens is 358 g/mol. The Bertz CT molecular complexity index is 1180. The van der Waals surface area contributed by atoms with Gasteiger partial charge in [0.1, 0.15) is 6.33 Å². The molecule has 0 unspecified atom stereocenters. The quantitative estimate of drug-likeness (QED) is 0.552. The average molecular weight is 371 g/mol. The number of carbonyl (C=O) groups is 1. The fourth-order valence-electron chi connectivity index (χ4n) is 3.17. The van der Waals surface area contributed by atoms with Crippen molar-refractivity contribution < 1.29 is 4.79 Å². The summed E-state index contributed by atoms with van der Waals surface area (Å²) in [6, 6.07) is 19.7. The third-order valence-corrected chi connectivity index (χ3v) is 5.36. The maximum absolute atomic E-state index is 13.0. The van der Waals surface area contributed by atoms with E-state index in [0.29, 0.717) is 22.0 Å². The van der Waals surface area contributed by atoms with Crippen LogP contribution in [0.5, 0.6) is 0 Å². The molecule has 7 heteroatoms. The number of allylic oxidation sites excluding steroid dienone is 1. The summed E-state index contributed by atoms with van der Waals surface area (Å²) in [5.74, 6) is -0.274. The lowest BCUT2D eigenvalue weighted by Gasteiger charge is -2.18. The lowest BCUT2D eigenvalue weighted by Crippen LogP contribution is -2.15. The summed E-state index contributed by atoms with van der Waals surface area (Å²) in [6.45, 7) is 0. The van der Waals surface area contributed by atoms with Crippen molar-refractivity contribution in [3.63, 3.8) is 0 Å². The first-order valence-electron chi connectivity index (χ1n) is 8.43. The molecule has 3 heterocycles. The Morgan fingerprint density at radius 3 is 2.33 bits per heavy atom. The molecule has 0 saturated carbocycles. The minimum atomic E-state index is -0.274. The Morgan fingerprint density at radius 2 is 1.63 bits per heavy atom. The third-order valence-electron chi connectivity index (χ3n) is 4.43. The summed E-state index contributed by atoms with van der Waals surface area (Å²) in [5, 5.41) is 12.9. The number of aromatic nitrogens is 4. The van der Waals surface area contributed by atoms with Gasteiger partial charge in [-0.2, -0.15) is 9.61 Å². The molecule has 0 aliphatic carbocycles. The van der Waals surface area contributed by atoms with Crippen LogP contribution in [0, 0.1) is 0 Å². The van der Waals surface area contributed by atoms with E-state index in [9.17, 15) is 4.79 Å². The first-order valence-corrected chi connectivity index (χ1v) is 9.24. The van der Waals surface area contributed by atoms with Gasteiger partial charge in [-0.05, 0) is 16.7 Å². The van der Waals surface area contributed by atoms with E-state index < -0.39 is 0 Å². The number of rotatable bonds is 3. The molecule has 4 aromatic rings.